The average molecular weight is 447 g/mol. The van der Waals surface area contributed by atoms with Gasteiger partial charge in [0.05, 0.1) is 0 Å². The van der Waals surface area contributed by atoms with E-state index < -0.39 is 0 Å². The van der Waals surface area contributed by atoms with Gasteiger partial charge in [0.25, 0.3) is 0 Å². The van der Waals surface area contributed by atoms with Gasteiger partial charge in [-0.25, -0.2) is 14.4 Å². The summed E-state index contributed by atoms with van der Waals surface area (Å²) in [5.41, 5.74) is 2.34. The molecule has 0 atom stereocenters. The van der Waals surface area contributed by atoms with Gasteiger partial charge in [-0.05, 0) is 24.5 Å². The van der Waals surface area contributed by atoms with E-state index >= 15 is 0 Å². The number of piperazine rings is 1. The summed E-state index contributed by atoms with van der Waals surface area (Å²) in [6.07, 6.45) is 2.38. The zero-order valence-corrected chi connectivity index (χ0v) is 19.7. The van der Waals surface area contributed by atoms with Crippen LogP contribution in [0.1, 0.15) is 56.8 Å². The zero-order chi connectivity index (χ0) is 22.5. The Morgan fingerprint density at radius 2 is 1.84 bits per heavy atom. The van der Waals surface area contributed by atoms with Crippen molar-refractivity contribution in [3.05, 3.63) is 51.7 Å². The first-order valence-electron chi connectivity index (χ1n) is 11.2. The second kappa shape index (κ2) is 10.4. The standard InChI is InChI=1S/C24H32ClFN4O/c1-5-21-18(15-17-19(25)8-7-9-20(17)26)24(28-22(27-21)14-16(3)4)30-12-10-29(11-13-30)23(31)6-2/h7-9,16H,5-6,10-15H2,1-4H3. The van der Waals surface area contributed by atoms with E-state index in [2.05, 4.69) is 25.7 Å². The van der Waals surface area contributed by atoms with Crippen molar-refractivity contribution >= 4 is 23.3 Å². The Balaban J connectivity index is 2.01. The minimum Gasteiger partial charge on any atom is -0.353 e. The largest absolute Gasteiger partial charge is 0.353 e. The maximum atomic E-state index is 14.6. The number of hydrogen-bond donors (Lipinski definition) is 0. The average Bonchev–Trinajstić information content (AvgIpc) is 2.75. The van der Waals surface area contributed by atoms with Gasteiger partial charge >= 0.3 is 0 Å². The monoisotopic (exact) mass is 446 g/mol. The van der Waals surface area contributed by atoms with Crippen LogP contribution in [0.4, 0.5) is 10.2 Å². The first-order valence-corrected chi connectivity index (χ1v) is 11.6. The van der Waals surface area contributed by atoms with E-state index in [1.807, 2.05) is 11.8 Å². The second-order valence-corrected chi connectivity index (χ2v) is 8.85. The maximum Gasteiger partial charge on any atom is 0.222 e. The molecule has 0 unspecified atom stereocenters. The van der Waals surface area contributed by atoms with Crippen LogP contribution in [0.5, 0.6) is 0 Å². The predicted octanol–water partition coefficient (Wildman–Crippen LogP) is 4.68. The molecule has 168 valence electrons. The van der Waals surface area contributed by atoms with Gasteiger partial charge < -0.3 is 9.80 Å². The van der Waals surface area contributed by atoms with Gasteiger partial charge in [-0.1, -0.05) is 45.4 Å². The lowest BCUT2D eigenvalue weighted by atomic mass is 10.0. The highest BCUT2D eigenvalue weighted by atomic mass is 35.5. The van der Waals surface area contributed by atoms with Gasteiger partial charge in [-0.2, -0.15) is 0 Å². The molecule has 1 saturated heterocycles. The number of nitrogens with zero attached hydrogens (tertiary/aromatic N) is 4. The number of carbonyl (C=O) groups excluding carboxylic acids is 1. The molecular weight excluding hydrogens is 415 g/mol. The van der Waals surface area contributed by atoms with Crippen LogP contribution in [0.3, 0.4) is 0 Å². The molecule has 0 bridgehead atoms. The highest BCUT2D eigenvalue weighted by Crippen LogP contribution is 2.30. The Morgan fingerprint density at radius 3 is 2.42 bits per heavy atom. The summed E-state index contributed by atoms with van der Waals surface area (Å²) in [5, 5.41) is 0.414. The molecule has 7 heteroatoms. The molecule has 1 fully saturated rings. The summed E-state index contributed by atoms with van der Waals surface area (Å²) in [7, 11) is 0. The van der Waals surface area contributed by atoms with Crippen molar-refractivity contribution in [2.45, 2.75) is 53.4 Å². The summed E-state index contributed by atoms with van der Waals surface area (Å²) in [6.45, 7) is 11.0. The lowest BCUT2D eigenvalue weighted by molar-refractivity contribution is -0.131. The lowest BCUT2D eigenvalue weighted by Crippen LogP contribution is -2.49. The van der Waals surface area contributed by atoms with E-state index in [0.717, 1.165) is 35.7 Å². The molecule has 1 aromatic carbocycles. The lowest BCUT2D eigenvalue weighted by Gasteiger charge is -2.36. The van der Waals surface area contributed by atoms with Crippen molar-refractivity contribution < 1.29 is 9.18 Å². The van der Waals surface area contributed by atoms with Gasteiger partial charge in [0, 0.05) is 67.3 Å². The molecule has 0 radical (unpaired) electrons. The smallest absolute Gasteiger partial charge is 0.222 e. The second-order valence-electron chi connectivity index (χ2n) is 8.44. The van der Waals surface area contributed by atoms with Crippen LogP contribution in [0.2, 0.25) is 5.02 Å². The van der Waals surface area contributed by atoms with Crippen LogP contribution in [0, 0.1) is 11.7 Å². The van der Waals surface area contributed by atoms with Gasteiger partial charge in [0.15, 0.2) is 0 Å². The molecule has 31 heavy (non-hydrogen) atoms. The molecule has 1 aliphatic rings. The minimum absolute atomic E-state index is 0.176. The summed E-state index contributed by atoms with van der Waals surface area (Å²) in [4.78, 5) is 26.0. The first kappa shape index (κ1) is 23.5. The normalized spacial score (nSPS) is 14.4. The molecular formula is C24H32ClFN4O. The number of rotatable bonds is 7. The van der Waals surface area contributed by atoms with E-state index in [-0.39, 0.29) is 11.7 Å². The van der Waals surface area contributed by atoms with Crippen molar-refractivity contribution in [3.8, 4) is 0 Å². The fourth-order valence-electron chi connectivity index (χ4n) is 4.03. The van der Waals surface area contributed by atoms with Crippen LogP contribution in [-0.4, -0.2) is 47.0 Å². The highest BCUT2D eigenvalue weighted by Gasteiger charge is 2.26. The molecule has 0 aliphatic carbocycles. The number of anilines is 1. The van der Waals surface area contributed by atoms with Crippen LogP contribution < -0.4 is 4.90 Å². The van der Waals surface area contributed by atoms with E-state index in [4.69, 9.17) is 21.6 Å². The molecule has 2 aromatic rings. The van der Waals surface area contributed by atoms with Crippen LogP contribution in [0.15, 0.2) is 18.2 Å². The van der Waals surface area contributed by atoms with E-state index in [1.54, 1.807) is 12.1 Å². The number of carbonyl (C=O) groups is 1. The predicted molar refractivity (Wildman–Crippen MR) is 123 cm³/mol. The topological polar surface area (TPSA) is 49.3 Å². The Morgan fingerprint density at radius 1 is 1.13 bits per heavy atom. The van der Waals surface area contributed by atoms with E-state index in [9.17, 15) is 9.18 Å². The molecule has 0 saturated carbocycles. The third kappa shape index (κ3) is 5.53. The molecule has 5 nitrogen and oxygen atoms in total. The third-order valence-corrected chi connectivity index (χ3v) is 6.05. The molecule has 1 aromatic heterocycles. The van der Waals surface area contributed by atoms with E-state index in [0.29, 0.717) is 55.5 Å². The van der Waals surface area contributed by atoms with Gasteiger partial charge in [-0.3, -0.25) is 4.79 Å². The summed E-state index contributed by atoms with van der Waals surface area (Å²) in [5.74, 6) is 1.96. The summed E-state index contributed by atoms with van der Waals surface area (Å²) >= 11 is 6.34. The van der Waals surface area contributed by atoms with Crippen molar-refractivity contribution in [2.75, 3.05) is 31.1 Å². The zero-order valence-electron chi connectivity index (χ0n) is 18.9. The Hall–Kier alpha value is -2.21. The minimum atomic E-state index is -0.315. The Bertz CT molecular complexity index is 906. The van der Waals surface area contributed by atoms with Crippen molar-refractivity contribution in [1.82, 2.24) is 14.9 Å². The Labute approximate surface area is 189 Å². The van der Waals surface area contributed by atoms with Crippen LogP contribution in [0.25, 0.3) is 0 Å². The summed E-state index contributed by atoms with van der Waals surface area (Å²) in [6, 6.07) is 4.78. The SMILES string of the molecule is CCC(=O)N1CCN(c2nc(CC(C)C)nc(CC)c2Cc2c(F)cccc2Cl)CC1. The van der Waals surface area contributed by atoms with Crippen molar-refractivity contribution in [2.24, 2.45) is 5.92 Å². The van der Waals surface area contributed by atoms with Crippen LogP contribution in [-0.2, 0) is 24.1 Å². The van der Waals surface area contributed by atoms with Gasteiger partial charge in [0.1, 0.15) is 17.5 Å². The highest BCUT2D eigenvalue weighted by molar-refractivity contribution is 6.31. The quantitative estimate of drug-likeness (QED) is 0.619. The molecule has 2 heterocycles. The van der Waals surface area contributed by atoms with Crippen LogP contribution >= 0.6 is 11.6 Å². The summed E-state index contributed by atoms with van der Waals surface area (Å²) < 4.78 is 14.6. The van der Waals surface area contributed by atoms with Gasteiger partial charge in [0.2, 0.25) is 5.91 Å². The van der Waals surface area contributed by atoms with Crippen molar-refractivity contribution in [1.29, 1.82) is 0 Å². The number of hydrogen-bond acceptors (Lipinski definition) is 4. The molecule has 3 rings (SSSR count). The van der Waals surface area contributed by atoms with Gasteiger partial charge in [-0.15, -0.1) is 0 Å². The van der Waals surface area contributed by atoms with Crippen molar-refractivity contribution in [3.63, 3.8) is 0 Å². The first-order chi connectivity index (χ1) is 14.8. The number of benzene rings is 1. The van der Waals surface area contributed by atoms with E-state index in [1.165, 1.54) is 6.07 Å². The molecule has 1 amide bonds. The maximum absolute atomic E-state index is 14.6. The fraction of sp³-hybridized carbons (Fsp3) is 0.542. The number of aromatic nitrogens is 2. The number of amides is 1. The third-order valence-electron chi connectivity index (χ3n) is 5.69. The number of halogens is 2. The Kier molecular flexibility index (Phi) is 7.87. The number of aryl methyl sites for hydroxylation is 1. The molecule has 0 spiro atoms. The molecule has 1 aliphatic heterocycles. The fourth-order valence-corrected chi connectivity index (χ4v) is 4.26. The molecule has 0 N–H and O–H groups in total.